The first-order valence-electron chi connectivity index (χ1n) is 6.76. The molecular formula is C14H18ClN3S2. The maximum absolute atomic E-state index is 6.36. The first-order chi connectivity index (χ1) is 9.56. The quantitative estimate of drug-likeness (QED) is 0.799. The second-order valence-electron chi connectivity index (χ2n) is 5.33. The van der Waals surface area contributed by atoms with Crippen molar-refractivity contribution in [3.05, 3.63) is 21.4 Å². The molecule has 0 bridgehead atoms. The van der Waals surface area contributed by atoms with Gasteiger partial charge < -0.3 is 0 Å². The number of hydrogen-bond acceptors (Lipinski definition) is 5. The van der Waals surface area contributed by atoms with Gasteiger partial charge in [0.25, 0.3) is 0 Å². The second kappa shape index (κ2) is 5.79. The molecule has 108 valence electrons. The average Bonchev–Trinajstić information content (AvgIpc) is 2.99. The van der Waals surface area contributed by atoms with Crippen molar-refractivity contribution < 1.29 is 0 Å². The molecule has 0 amide bonds. The van der Waals surface area contributed by atoms with Crippen LogP contribution in [0.1, 0.15) is 22.7 Å². The molecule has 1 atom stereocenters. The minimum absolute atomic E-state index is 0.598. The molecule has 0 spiro atoms. The van der Waals surface area contributed by atoms with Crippen LogP contribution in [0.2, 0.25) is 5.15 Å². The van der Waals surface area contributed by atoms with Gasteiger partial charge in [-0.15, -0.1) is 11.3 Å². The Morgan fingerprint density at radius 1 is 1.35 bits per heavy atom. The predicted molar refractivity (Wildman–Crippen MR) is 89.1 cm³/mol. The van der Waals surface area contributed by atoms with E-state index in [1.807, 2.05) is 11.8 Å². The summed E-state index contributed by atoms with van der Waals surface area (Å²) < 4.78 is 0. The third-order valence-electron chi connectivity index (χ3n) is 3.95. The van der Waals surface area contributed by atoms with Gasteiger partial charge in [0.1, 0.15) is 15.8 Å². The number of thioether (sulfide) groups is 1. The van der Waals surface area contributed by atoms with E-state index in [1.54, 1.807) is 11.3 Å². The summed E-state index contributed by atoms with van der Waals surface area (Å²) in [5, 5.41) is 1.62. The number of aryl methyl sites for hydroxylation is 2. The van der Waals surface area contributed by atoms with E-state index in [4.69, 9.17) is 16.6 Å². The van der Waals surface area contributed by atoms with Crippen LogP contribution in [-0.4, -0.2) is 39.5 Å². The minimum atomic E-state index is 0.598. The number of thiophene rings is 1. The SMILES string of the molecule is Cc1sc2nc(CN(C)C3CCSC3)nc(Cl)c2c1C. The summed E-state index contributed by atoms with van der Waals surface area (Å²) in [7, 11) is 2.16. The van der Waals surface area contributed by atoms with Crippen molar-refractivity contribution in [3.8, 4) is 0 Å². The molecule has 2 aromatic heterocycles. The fourth-order valence-corrected chi connectivity index (χ4v) is 5.27. The third kappa shape index (κ3) is 2.69. The molecule has 1 fully saturated rings. The smallest absolute Gasteiger partial charge is 0.145 e. The molecule has 1 aliphatic rings. The molecule has 6 heteroatoms. The molecule has 1 aliphatic heterocycles. The van der Waals surface area contributed by atoms with E-state index in [0.29, 0.717) is 11.2 Å². The van der Waals surface area contributed by atoms with Crippen molar-refractivity contribution in [1.29, 1.82) is 0 Å². The van der Waals surface area contributed by atoms with Crippen LogP contribution in [-0.2, 0) is 6.54 Å². The Labute approximate surface area is 132 Å². The molecule has 0 aliphatic carbocycles. The van der Waals surface area contributed by atoms with Gasteiger partial charge in [-0.3, -0.25) is 4.90 Å². The van der Waals surface area contributed by atoms with E-state index in [2.05, 4.69) is 30.8 Å². The first kappa shape index (κ1) is 14.6. The Bertz CT molecular complexity index is 635. The molecule has 0 N–H and O–H groups in total. The highest BCUT2D eigenvalue weighted by Crippen LogP contribution is 2.33. The zero-order valence-electron chi connectivity index (χ0n) is 11.9. The van der Waals surface area contributed by atoms with Gasteiger partial charge in [-0.2, -0.15) is 11.8 Å². The van der Waals surface area contributed by atoms with Gasteiger partial charge in [-0.05, 0) is 38.6 Å². The maximum atomic E-state index is 6.36. The number of aromatic nitrogens is 2. The zero-order valence-corrected chi connectivity index (χ0v) is 14.3. The number of nitrogens with zero attached hydrogens (tertiary/aromatic N) is 3. The fourth-order valence-electron chi connectivity index (χ4n) is 2.53. The lowest BCUT2D eigenvalue weighted by Gasteiger charge is -2.22. The summed E-state index contributed by atoms with van der Waals surface area (Å²) in [5.41, 5.74) is 1.21. The lowest BCUT2D eigenvalue weighted by Crippen LogP contribution is -2.31. The summed E-state index contributed by atoms with van der Waals surface area (Å²) in [6.07, 6.45) is 1.26. The molecule has 0 saturated carbocycles. The van der Waals surface area contributed by atoms with Crippen molar-refractivity contribution in [2.45, 2.75) is 32.9 Å². The summed E-state index contributed by atoms with van der Waals surface area (Å²) in [6, 6.07) is 0.643. The van der Waals surface area contributed by atoms with Gasteiger partial charge in [0.2, 0.25) is 0 Å². The largest absolute Gasteiger partial charge is 0.295 e. The summed E-state index contributed by atoms with van der Waals surface area (Å²) >= 11 is 10.1. The highest BCUT2D eigenvalue weighted by Gasteiger charge is 2.21. The van der Waals surface area contributed by atoms with Crippen molar-refractivity contribution in [2.75, 3.05) is 18.6 Å². The van der Waals surface area contributed by atoms with Crippen LogP contribution in [0.5, 0.6) is 0 Å². The summed E-state index contributed by atoms with van der Waals surface area (Å²) in [5.74, 6) is 3.31. The molecule has 3 heterocycles. The Balaban J connectivity index is 1.88. The Kier molecular flexibility index (Phi) is 4.22. The van der Waals surface area contributed by atoms with Crippen LogP contribution in [0.4, 0.5) is 0 Å². The summed E-state index contributed by atoms with van der Waals surface area (Å²) in [6.45, 7) is 4.97. The molecule has 3 rings (SSSR count). The van der Waals surface area contributed by atoms with Crippen LogP contribution >= 0.6 is 34.7 Å². The van der Waals surface area contributed by atoms with Gasteiger partial charge in [0.15, 0.2) is 0 Å². The van der Waals surface area contributed by atoms with E-state index >= 15 is 0 Å². The van der Waals surface area contributed by atoms with Crippen LogP contribution in [0.25, 0.3) is 10.2 Å². The highest BCUT2D eigenvalue weighted by atomic mass is 35.5. The second-order valence-corrected chi connectivity index (χ2v) is 8.04. The van der Waals surface area contributed by atoms with Crippen LogP contribution in [0.15, 0.2) is 0 Å². The van der Waals surface area contributed by atoms with E-state index in [9.17, 15) is 0 Å². The Morgan fingerprint density at radius 3 is 2.85 bits per heavy atom. The van der Waals surface area contributed by atoms with Gasteiger partial charge in [0, 0.05) is 16.7 Å². The van der Waals surface area contributed by atoms with Crippen molar-refractivity contribution in [1.82, 2.24) is 14.9 Å². The molecule has 1 unspecified atom stereocenters. The van der Waals surface area contributed by atoms with Crippen molar-refractivity contribution in [3.63, 3.8) is 0 Å². The van der Waals surface area contributed by atoms with Crippen molar-refractivity contribution >= 4 is 44.9 Å². The van der Waals surface area contributed by atoms with Crippen LogP contribution < -0.4 is 0 Å². The number of hydrogen-bond donors (Lipinski definition) is 0. The lowest BCUT2D eigenvalue weighted by molar-refractivity contribution is 0.248. The lowest BCUT2D eigenvalue weighted by atomic mass is 10.2. The average molecular weight is 328 g/mol. The molecule has 0 radical (unpaired) electrons. The molecular weight excluding hydrogens is 310 g/mol. The van der Waals surface area contributed by atoms with Gasteiger partial charge in [0.05, 0.1) is 11.9 Å². The van der Waals surface area contributed by atoms with E-state index in [1.165, 1.54) is 28.4 Å². The van der Waals surface area contributed by atoms with E-state index < -0.39 is 0 Å². The topological polar surface area (TPSA) is 29.0 Å². The Morgan fingerprint density at radius 2 is 2.15 bits per heavy atom. The number of fused-ring (bicyclic) bond motifs is 1. The number of halogens is 1. The monoisotopic (exact) mass is 327 g/mol. The van der Waals surface area contributed by atoms with E-state index in [-0.39, 0.29) is 0 Å². The Hall–Kier alpha value is -0.360. The predicted octanol–water partition coefficient (Wildman–Crippen LogP) is 3.90. The van der Waals surface area contributed by atoms with Crippen LogP contribution in [0.3, 0.4) is 0 Å². The molecule has 0 aromatic carbocycles. The maximum Gasteiger partial charge on any atom is 0.145 e. The molecule has 1 saturated heterocycles. The fraction of sp³-hybridized carbons (Fsp3) is 0.571. The van der Waals surface area contributed by atoms with Crippen LogP contribution in [0, 0.1) is 13.8 Å². The first-order valence-corrected chi connectivity index (χ1v) is 9.11. The molecule has 2 aromatic rings. The summed E-state index contributed by atoms with van der Waals surface area (Å²) in [4.78, 5) is 13.8. The van der Waals surface area contributed by atoms with Gasteiger partial charge in [-0.1, -0.05) is 11.6 Å². The third-order valence-corrected chi connectivity index (χ3v) is 6.47. The normalized spacial score (nSPS) is 19.4. The standard InChI is InChI=1S/C14H18ClN3S2/c1-8-9(2)20-14-12(8)13(15)16-11(17-14)6-18(3)10-4-5-19-7-10/h10H,4-7H2,1-3H3. The minimum Gasteiger partial charge on any atom is -0.295 e. The number of rotatable bonds is 3. The highest BCUT2D eigenvalue weighted by molar-refractivity contribution is 7.99. The van der Waals surface area contributed by atoms with Gasteiger partial charge in [-0.25, -0.2) is 9.97 Å². The molecule has 3 nitrogen and oxygen atoms in total. The molecule has 20 heavy (non-hydrogen) atoms. The zero-order chi connectivity index (χ0) is 14.3. The van der Waals surface area contributed by atoms with Crippen molar-refractivity contribution in [2.24, 2.45) is 0 Å². The van der Waals surface area contributed by atoms with E-state index in [0.717, 1.165) is 22.6 Å². The van der Waals surface area contributed by atoms with Gasteiger partial charge >= 0.3 is 0 Å².